The van der Waals surface area contributed by atoms with Gasteiger partial charge in [-0.25, -0.2) is 9.18 Å². The van der Waals surface area contributed by atoms with Gasteiger partial charge in [0.1, 0.15) is 11.4 Å². The van der Waals surface area contributed by atoms with E-state index >= 15 is 0 Å². The van der Waals surface area contributed by atoms with E-state index in [-0.39, 0.29) is 6.42 Å². The third-order valence-corrected chi connectivity index (χ3v) is 2.21. The van der Waals surface area contributed by atoms with Crippen LogP contribution in [-0.2, 0) is 11.2 Å². The Morgan fingerprint density at radius 1 is 1.47 bits per heavy atom. The number of nitrogens with one attached hydrogen (secondary N) is 1. The van der Waals surface area contributed by atoms with Crippen molar-refractivity contribution in [1.82, 2.24) is 0 Å². The Balaban J connectivity index is 2.82. The van der Waals surface area contributed by atoms with Crippen molar-refractivity contribution in [3.8, 4) is 6.07 Å². The zero-order valence-electron chi connectivity index (χ0n) is 11.3. The second kappa shape index (κ2) is 6.19. The summed E-state index contributed by atoms with van der Waals surface area (Å²) in [5.74, 6) is -0.400. The van der Waals surface area contributed by atoms with E-state index in [2.05, 4.69) is 5.32 Å². The zero-order chi connectivity index (χ0) is 14.5. The molecule has 1 aromatic carbocycles. The molecule has 0 radical (unpaired) electrons. The number of rotatable bonds is 3. The van der Waals surface area contributed by atoms with Crippen LogP contribution in [0.1, 0.15) is 32.8 Å². The van der Waals surface area contributed by atoms with Crippen LogP contribution in [0, 0.1) is 17.1 Å². The van der Waals surface area contributed by atoms with Crippen molar-refractivity contribution >= 4 is 11.8 Å². The van der Waals surface area contributed by atoms with E-state index in [0.717, 1.165) is 0 Å². The molecule has 0 unspecified atom stereocenters. The van der Waals surface area contributed by atoms with Crippen molar-refractivity contribution in [3.63, 3.8) is 0 Å². The van der Waals surface area contributed by atoms with Crippen molar-refractivity contribution in [2.24, 2.45) is 0 Å². The molecule has 0 aliphatic carbocycles. The molecule has 0 bridgehead atoms. The average molecular weight is 264 g/mol. The molecule has 5 heteroatoms. The lowest BCUT2D eigenvalue weighted by molar-refractivity contribution is 0.0635. The first-order valence-electron chi connectivity index (χ1n) is 5.97. The fraction of sp³-hybridized carbons (Fsp3) is 0.429. The fourth-order valence-electron chi connectivity index (χ4n) is 1.50. The summed E-state index contributed by atoms with van der Waals surface area (Å²) in [6.45, 7) is 5.27. The fourth-order valence-corrected chi connectivity index (χ4v) is 1.50. The zero-order valence-corrected chi connectivity index (χ0v) is 11.3. The summed E-state index contributed by atoms with van der Waals surface area (Å²) >= 11 is 0. The Morgan fingerprint density at radius 2 is 2.16 bits per heavy atom. The third kappa shape index (κ3) is 5.38. The first-order chi connectivity index (χ1) is 8.81. The van der Waals surface area contributed by atoms with Gasteiger partial charge in [-0.2, -0.15) is 5.26 Å². The van der Waals surface area contributed by atoms with Crippen molar-refractivity contribution in [2.45, 2.75) is 39.2 Å². The van der Waals surface area contributed by atoms with E-state index in [9.17, 15) is 9.18 Å². The van der Waals surface area contributed by atoms with Gasteiger partial charge in [0.25, 0.3) is 0 Å². The lowest BCUT2D eigenvalue weighted by Crippen LogP contribution is -2.27. The van der Waals surface area contributed by atoms with E-state index in [4.69, 9.17) is 10.00 Å². The SMILES string of the molecule is CC(C)(C)OC(=O)Nc1ccc(F)cc1CCC#N. The van der Waals surface area contributed by atoms with Gasteiger partial charge in [0.05, 0.1) is 6.07 Å². The minimum absolute atomic E-state index is 0.256. The highest BCUT2D eigenvalue weighted by atomic mass is 19.1. The maximum absolute atomic E-state index is 13.2. The molecule has 19 heavy (non-hydrogen) atoms. The second-order valence-corrected chi connectivity index (χ2v) is 5.09. The van der Waals surface area contributed by atoms with Gasteiger partial charge in [-0.1, -0.05) is 0 Å². The highest BCUT2D eigenvalue weighted by molar-refractivity contribution is 5.85. The molecule has 0 saturated carbocycles. The molecule has 1 rings (SSSR count). The summed E-state index contributed by atoms with van der Waals surface area (Å²) in [6, 6.07) is 6.01. The molecular weight excluding hydrogens is 247 g/mol. The third-order valence-electron chi connectivity index (χ3n) is 2.21. The maximum Gasteiger partial charge on any atom is 0.412 e. The Morgan fingerprint density at radius 3 is 2.74 bits per heavy atom. The van der Waals surface area contributed by atoms with Crippen LogP contribution in [0.15, 0.2) is 18.2 Å². The largest absolute Gasteiger partial charge is 0.444 e. The Bertz CT molecular complexity index is 501. The van der Waals surface area contributed by atoms with Crippen LogP contribution in [0.2, 0.25) is 0 Å². The number of carbonyl (C=O) groups excluding carboxylic acids is 1. The normalized spacial score (nSPS) is 10.7. The lowest BCUT2D eigenvalue weighted by atomic mass is 10.1. The van der Waals surface area contributed by atoms with Crippen molar-refractivity contribution in [3.05, 3.63) is 29.6 Å². The number of nitriles is 1. The van der Waals surface area contributed by atoms with Crippen LogP contribution in [0.25, 0.3) is 0 Å². The molecule has 0 aliphatic rings. The Kier molecular flexibility index (Phi) is 4.87. The van der Waals surface area contributed by atoms with E-state index in [1.165, 1.54) is 18.2 Å². The number of aryl methyl sites for hydroxylation is 1. The Labute approximate surface area is 112 Å². The van der Waals surface area contributed by atoms with E-state index < -0.39 is 17.5 Å². The number of amides is 1. The molecule has 1 N–H and O–H groups in total. The van der Waals surface area contributed by atoms with Crippen molar-refractivity contribution < 1.29 is 13.9 Å². The van der Waals surface area contributed by atoms with Crippen molar-refractivity contribution in [2.75, 3.05) is 5.32 Å². The quantitative estimate of drug-likeness (QED) is 0.906. The summed E-state index contributed by atoms with van der Waals surface area (Å²) in [4.78, 5) is 11.6. The predicted molar refractivity (Wildman–Crippen MR) is 70.2 cm³/mol. The van der Waals surface area contributed by atoms with Crippen LogP contribution >= 0.6 is 0 Å². The van der Waals surface area contributed by atoms with E-state index in [0.29, 0.717) is 17.7 Å². The summed E-state index contributed by atoms with van der Waals surface area (Å²) < 4.78 is 18.3. The summed E-state index contributed by atoms with van der Waals surface area (Å²) in [5, 5.41) is 11.1. The van der Waals surface area contributed by atoms with Gasteiger partial charge in [0, 0.05) is 12.1 Å². The molecular formula is C14H17FN2O2. The number of hydrogen-bond donors (Lipinski definition) is 1. The number of nitrogens with zero attached hydrogens (tertiary/aromatic N) is 1. The van der Waals surface area contributed by atoms with Gasteiger partial charge in [-0.3, -0.25) is 5.32 Å². The number of benzene rings is 1. The summed E-state index contributed by atoms with van der Waals surface area (Å²) in [5.41, 5.74) is 0.440. The molecule has 0 saturated heterocycles. The first-order valence-corrected chi connectivity index (χ1v) is 5.97. The van der Waals surface area contributed by atoms with Gasteiger partial charge in [0.15, 0.2) is 0 Å². The monoisotopic (exact) mass is 264 g/mol. The summed E-state index contributed by atoms with van der Waals surface area (Å²) in [7, 11) is 0. The highest BCUT2D eigenvalue weighted by Crippen LogP contribution is 2.20. The first kappa shape index (κ1) is 15.0. The summed E-state index contributed by atoms with van der Waals surface area (Å²) in [6.07, 6.45) is 0.0311. The maximum atomic E-state index is 13.2. The molecule has 0 fully saturated rings. The molecule has 1 aromatic rings. The minimum Gasteiger partial charge on any atom is -0.444 e. The highest BCUT2D eigenvalue weighted by Gasteiger charge is 2.17. The molecule has 102 valence electrons. The molecule has 0 atom stereocenters. The van der Waals surface area contributed by atoms with Crippen molar-refractivity contribution in [1.29, 1.82) is 5.26 Å². The van der Waals surface area contributed by atoms with Gasteiger partial charge in [-0.15, -0.1) is 0 Å². The van der Waals surface area contributed by atoms with Crippen LogP contribution in [0.3, 0.4) is 0 Å². The molecule has 0 spiro atoms. The van der Waals surface area contributed by atoms with Crippen LogP contribution in [0.5, 0.6) is 0 Å². The molecule has 0 heterocycles. The second-order valence-electron chi connectivity index (χ2n) is 5.09. The average Bonchev–Trinajstić information content (AvgIpc) is 2.27. The van der Waals surface area contributed by atoms with E-state index in [1.54, 1.807) is 20.8 Å². The number of carbonyl (C=O) groups is 1. The van der Waals surface area contributed by atoms with E-state index in [1.807, 2.05) is 6.07 Å². The van der Waals surface area contributed by atoms with Gasteiger partial charge in [-0.05, 0) is 51.0 Å². The lowest BCUT2D eigenvalue weighted by Gasteiger charge is -2.20. The minimum atomic E-state index is -0.600. The number of hydrogen-bond acceptors (Lipinski definition) is 3. The van der Waals surface area contributed by atoms with Gasteiger partial charge in [0.2, 0.25) is 0 Å². The van der Waals surface area contributed by atoms with Crippen LogP contribution in [-0.4, -0.2) is 11.7 Å². The molecule has 1 amide bonds. The molecule has 0 aliphatic heterocycles. The number of halogens is 1. The van der Waals surface area contributed by atoms with Gasteiger partial charge >= 0.3 is 6.09 Å². The molecule has 0 aromatic heterocycles. The number of ether oxygens (including phenoxy) is 1. The van der Waals surface area contributed by atoms with Gasteiger partial charge < -0.3 is 4.74 Å². The predicted octanol–water partition coefficient (Wildman–Crippen LogP) is 3.63. The van der Waals surface area contributed by atoms with Crippen LogP contribution in [0.4, 0.5) is 14.9 Å². The topological polar surface area (TPSA) is 62.1 Å². The number of anilines is 1. The standard InChI is InChI=1S/C14H17FN2O2/c1-14(2,3)19-13(18)17-12-7-6-11(15)9-10(12)5-4-8-16/h6-7,9H,4-5H2,1-3H3,(H,17,18). The smallest absolute Gasteiger partial charge is 0.412 e. The molecule has 4 nitrogen and oxygen atoms in total. The van der Waals surface area contributed by atoms with Crippen LogP contribution < -0.4 is 5.32 Å². The Hall–Kier alpha value is -2.09.